The lowest BCUT2D eigenvalue weighted by Gasteiger charge is -2.35. The van der Waals surface area contributed by atoms with E-state index in [1.165, 1.54) is 6.42 Å². The number of carbonyl (C=O) groups is 1. The van der Waals surface area contributed by atoms with Crippen LogP contribution in [-0.4, -0.2) is 29.6 Å². The van der Waals surface area contributed by atoms with Crippen LogP contribution in [0.2, 0.25) is 5.02 Å². The number of piperidine rings is 1. The van der Waals surface area contributed by atoms with Gasteiger partial charge in [0.1, 0.15) is 0 Å². The van der Waals surface area contributed by atoms with Gasteiger partial charge in [-0.2, -0.15) is 0 Å². The summed E-state index contributed by atoms with van der Waals surface area (Å²) in [5.41, 5.74) is 0. The van der Waals surface area contributed by atoms with Crippen molar-refractivity contribution in [1.82, 2.24) is 4.90 Å². The maximum Gasteiger partial charge on any atom is 0.223 e. The number of thioether (sulfide) groups is 1. The molecular weight excluding hydrogens is 290 g/mol. The molecule has 4 heteroatoms. The largest absolute Gasteiger partial charge is 0.342 e. The molecule has 1 aromatic rings. The molecule has 2 rings (SSSR count). The highest BCUT2D eigenvalue weighted by Crippen LogP contribution is 2.27. The van der Waals surface area contributed by atoms with Gasteiger partial charge in [-0.3, -0.25) is 4.79 Å². The monoisotopic (exact) mass is 311 g/mol. The number of hydrogen-bond acceptors (Lipinski definition) is 2. The van der Waals surface area contributed by atoms with Gasteiger partial charge in [-0.1, -0.05) is 37.6 Å². The number of likely N-dealkylation sites (tertiary alicyclic amines) is 1. The van der Waals surface area contributed by atoms with Gasteiger partial charge in [0, 0.05) is 30.2 Å². The van der Waals surface area contributed by atoms with E-state index in [0.717, 1.165) is 28.8 Å². The van der Waals surface area contributed by atoms with Crippen LogP contribution in [0.15, 0.2) is 29.2 Å². The van der Waals surface area contributed by atoms with E-state index in [4.69, 9.17) is 11.6 Å². The number of halogens is 1. The molecule has 2 atom stereocenters. The van der Waals surface area contributed by atoms with Crippen molar-refractivity contribution in [3.63, 3.8) is 0 Å². The van der Waals surface area contributed by atoms with Crippen LogP contribution in [0.5, 0.6) is 0 Å². The van der Waals surface area contributed by atoms with E-state index in [2.05, 4.69) is 13.8 Å². The molecule has 1 aromatic carbocycles. The Balaban J connectivity index is 1.79. The molecule has 0 aliphatic carbocycles. The minimum Gasteiger partial charge on any atom is -0.342 e. The topological polar surface area (TPSA) is 20.3 Å². The number of rotatable bonds is 4. The van der Waals surface area contributed by atoms with Crippen molar-refractivity contribution < 1.29 is 4.79 Å². The van der Waals surface area contributed by atoms with Crippen LogP contribution < -0.4 is 0 Å². The first-order valence-corrected chi connectivity index (χ1v) is 8.57. The summed E-state index contributed by atoms with van der Waals surface area (Å²) in [6.07, 6.45) is 1.83. The zero-order chi connectivity index (χ0) is 14.5. The summed E-state index contributed by atoms with van der Waals surface area (Å²) in [5.74, 6) is 2.32. The Morgan fingerprint density at radius 2 is 1.95 bits per heavy atom. The molecule has 110 valence electrons. The van der Waals surface area contributed by atoms with E-state index >= 15 is 0 Å². The molecule has 0 aromatic heterocycles. The Labute approximate surface area is 130 Å². The Kier molecular flexibility index (Phi) is 5.79. The van der Waals surface area contributed by atoms with E-state index < -0.39 is 0 Å². The highest BCUT2D eigenvalue weighted by molar-refractivity contribution is 7.99. The summed E-state index contributed by atoms with van der Waals surface area (Å²) in [7, 11) is 0. The molecular formula is C16H22ClNOS. The standard InChI is InChI=1S/C16H22ClNOS/c1-12-9-13(2)11-18(10-12)16(19)7-8-20-15-6-4-3-5-14(15)17/h3-6,12-13H,7-11H2,1-2H3. The molecule has 0 saturated carbocycles. The lowest BCUT2D eigenvalue weighted by Crippen LogP contribution is -2.42. The van der Waals surface area contributed by atoms with Crippen LogP contribution in [-0.2, 0) is 4.79 Å². The quantitative estimate of drug-likeness (QED) is 0.772. The second-order valence-electron chi connectivity index (χ2n) is 5.77. The van der Waals surface area contributed by atoms with Crippen molar-refractivity contribution >= 4 is 29.3 Å². The van der Waals surface area contributed by atoms with Crippen LogP contribution in [0.3, 0.4) is 0 Å². The van der Waals surface area contributed by atoms with Crippen LogP contribution in [0.1, 0.15) is 26.7 Å². The maximum atomic E-state index is 12.2. The minimum absolute atomic E-state index is 0.281. The van der Waals surface area contributed by atoms with Crippen molar-refractivity contribution in [3.05, 3.63) is 29.3 Å². The molecule has 1 aliphatic rings. The molecule has 20 heavy (non-hydrogen) atoms. The summed E-state index contributed by atoms with van der Waals surface area (Å²) in [6.45, 7) is 6.29. The molecule has 0 radical (unpaired) electrons. The van der Waals surface area contributed by atoms with E-state index in [0.29, 0.717) is 18.3 Å². The first-order chi connectivity index (χ1) is 9.56. The van der Waals surface area contributed by atoms with Crippen molar-refractivity contribution in [1.29, 1.82) is 0 Å². The van der Waals surface area contributed by atoms with Crippen molar-refractivity contribution in [2.24, 2.45) is 11.8 Å². The molecule has 1 saturated heterocycles. The SMILES string of the molecule is CC1CC(C)CN(C(=O)CCSc2ccccc2Cl)C1. The van der Waals surface area contributed by atoms with Gasteiger partial charge < -0.3 is 4.90 Å². The number of amides is 1. The number of carbonyl (C=O) groups excluding carboxylic acids is 1. The van der Waals surface area contributed by atoms with Gasteiger partial charge in [0.25, 0.3) is 0 Å². The zero-order valence-corrected chi connectivity index (χ0v) is 13.7. The maximum absolute atomic E-state index is 12.2. The molecule has 2 unspecified atom stereocenters. The predicted octanol–water partition coefficient (Wildman–Crippen LogP) is 4.33. The third kappa shape index (κ3) is 4.42. The second-order valence-corrected chi connectivity index (χ2v) is 7.32. The normalized spacial score (nSPS) is 22.9. The van der Waals surface area contributed by atoms with Crippen molar-refractivity contribution in [3.8, 4) is 0 Å². The van der Waals surface area contributed by atoms with Gasteiger partial charge in [0.2, 0.25) is 5.91 Å². The van der Waals surface area contributed by atoms with Gasteiger partial charge in [-0.05, 0) is 30.4 Å². The van der Waals surface area contributed by atoms with Gasteiger partial charge >= 0.3 is 0 Å². The fourth-order valence-corrected chi connectivity index (χ4v) is 4.01. The predicted molar refractivity (Wildman–Crippen MR) is 86.3 cm³/mol. The number of nitrogens with zero attached hydrogens (tertiary/aromatic N) is 1. The number of hydrogen-bond donors (Lipinski definition) is 0. The van der Waals surface area contributed by atoms with E-state index in [-0.39, 0.29) is 5.91 Å². The molecule has 0 bridgehead atoms. The molecule has 0 spiro atoms. The summed E-state index contributed by atoms with van der Waals surface area (Å²) >= 11 is 7.77. The Hall–Kier alpha value is -0.670. The highest BCUT2D eigenvalue weighted by atomic mass is 35.5. The highest BCUT2D eigenvalue weighted by Gasteiger charge is 2.24. The average molecular weight is 312 g/mol. The Morgan fingerprint density at radius 1 is 1.30 bits per heavy atom. The average Bonchev–Trinajstić information content (AvgIpc) is 2.39. The molecule has 0 N–H and O–H groups in total. The first-order valence-electron chi connectivity index (χ1n) is 7.21. The lowest BCUT2D eigenvalue weighted by atomic mass is 9.92. The smallest absolute Gasteiger partial charge is 0.223 e. The van der Waals surface area contributed by atoms with Crippen molar-refractivity contribution in [2.45, 2.75) is 31.6 Å². The fraction of sp³-hybridized carbons (Fsp3) is 0.562. The Morgan fingerprint density at radius 3 is 2.60 bits per heavy atom. The van der Waals surface area contributed by atoms with Gasteiger partial charge in [0.05, 0.1) is 5.02 Å². The van der Waals surface area contributed by atoms with E-state index in [1.54, 1.807) is 11.8 Å². The minimum atomic E-state index is 0.281. The van der Waals surface area contributed by atoms with Crippen LogP contribution >= 0.6 is 23.4 Å². The van der Waals surface area contributed by atoms with Gasteiger partial charge in [0.15, 0.2) is 0 Å². The Bertz CT molecular complexity index is 456. The third-order valence-corrected chi connectivity index (χ3v) is 5.15. The molecule has 1 aliphatic heterocycles. The van der Waals surface area contributed by atoms with Crippen LogP contribution in [0.25, 0.3) is 0 Å². The van der Waals surface area contributed by atoms with Crippen LogP contribution in [0.4, 0.5) is 0 Å². The molecule has 1 fully saturated rings. The fourth-order valence-electron chi connectivity index (χ4n) is 2.83. The van der Waals surface area contributed by atoms with Crippen LogP contribution in [0, 0.1) is 11.8 Å². The summed E-state index contributed by atoms with van der Waals surface area (Å²) in [6, 6.07) is 7.79. The van der Waals surface area contributed by atoms with E-state index in [9.17, 15) is 4.79 Å². The molecule has 1 heterocycles. The second kappa shape index (κ2) is 7.37. The molecule has 1 amide bonds. The van der Waals surface area contributed by atoms with Crippen molar-refractivity contribution in [2.75, 3.05) is 18.8 Å². The lowest BCUT2D eigenvalue weighted by molar-refractivity contribution is -0.133. The third-order valence-electron chi connectivity index (χ3n) is 3.63. The number of benzene rings is 1. The van der Waals surface area contributed by atoms with Gasteiger partial charge in [-0.15, -0.1) is 11.8 Å². The summed E-state index contributed by atoms with van der Waals surface area (Å²) in [5, 5.41) is 0.769. The molecule has 2 nitrogen and oxygen atoms in total. The summed E-state index contributed by atoms with van der Waals surface area (Å²) < 4.78 is 0. The zero-order valence-electron chi connectivity index (χ0n) is 12.1. The first kappa shape index (κ1) is 15.7. The van der Waals surface area contributed by atoms with E-state index in [1.807, 2.05) is 29.2 Å². The summed E-state index contributed by atoms with van der Waals surface area (Å²) in [4.78, 5) is 15.3. The van der Waals surface area contributed by atoms with Gasteiger partial charge in [-0.25, -0.2) is 0 Å².